The molecule has 0 saturated carbocycles. The van der Waals surface area contributed by atoms with Crippen molar-refractivity contribution in [3.05, 3.63) is 59.2 Å². The Bertz CT molecular complexity index is 565. The number of ether oxygens (including phenoxy) is 1. The van der Waals surface area contributed by atoms with Gasteiger partial charge in [0.15, 0.2) is 0 Å². The third-order valence-electron chi connectivity index (χ3n) is 2.82. The van der Waals surface area contributed by atoms with Crippen molar-refractivity contribution in [1.29, 1.82) is 0 Å². The van der Waals surface area contributed by atoms with E-state index >= 15 is 0 Å². The highest BCUT2D eigenvalue weighted by Gasteiger charge is 2.06. The fourth-order valence-electron chi connectivity index (χ4n) is 1.89. The van der Waals surface area contributed by atoms with Crippen molar-refractivity contribution in [2.24, 2.45) is 0 Å². The largest absolute Gasteiger partial charge is 0.493 e. The highest BCUT2D eigenvalue weighted by Crippen LogP contribution is 2.25. The molecule has 2 rings (SSSR count). The number of allylic oxidation sites excluding steroid dienone is 3. The molecule has 3 heteroatoms. The Kier molecular flexibility index (Phi) is 4.18. The molecule has 0 unspecified atom stereocenters. The molecule has 0 aliphatic carbocycles. The lowest BCUT2D eigenvalue weighted by Gasteiger charge is -2.03. The second kappa shape index (κ2) is 6.05. The second-order valence-corrected chi connectivity index (χ2v) is 4.42. The van der Waals surface area contributed by atoms with E-state index in [2.05, 4.69) is 6.08 Å². The quantitative estimate of drug-likeness (QED) is 0.665. The molecule has 0 bridgehead atoms. The highest BCUT2D eigenvalue weighted by molar-refractivity contribution is 5.81. The lowest BCUT2D eigenvalue weighted by molar-refractivity contribution is -0.131. The third kappa shape index (κ3) is 3.85. The number of carboxylic acid groups (broad SMARTS) is 1. The Morgan fingerprint density at radius 3 is 2.95 bits per heavy atom. The molecule has 1 aliphatic heterocycles. The van der Waals surface area contributed by atoms with Gasteiger partial charge in [0.25, 0.3) is 0 Å². The average Bonchev–Trinajstić information content (AvgIpc) is 2.57. The van der Waals surface area contributed by atoms with Crippen molar-refractivity contribution in [1.82, 2.24) is 0 Å². The first-order valence-corrected chi connectivity index (χ1v) is 6.17. The van der Waals surface area contributed by atoms with E-state index < -0.39 is 5.97 Å². The van der Waals surface area contributed by atoms with Gasteiger partial charge in [0.2, 0.25) is 0 Å². The van der Waals surface area contributed by atoms with E-state index in [1.165, 1.54) is 6.08 Å². The van der Waals surface area contributed by atoms with Gasteiger partial charge >= 0.3 is 5.97 Å². The zero-order valence-electron chi connectivity index (χ0n) is 10.8. The predicted octanol–water partition coefficient (Wildman–Crippen LogP) is 3.44. The number of hydrogen-bond donors (Lipinski definition) is 1. The molecule has 1 aliphatic rings. The third-order valence-corrected chi connectivity index (χ3v) is 2.82. The molecule has 0 saturated heterocycles. The fraction of sp³-hybridized carbons (Fsp3) is 0.188. The minimum atomic E-state index is -0.925. The van der Waals surface area contributed by atoms with Crippen molar-refractivity contribution in [3.63, 3.8) is 0 Å². The summed E-state index contributed by atoms with van der Waals surface area (Å²) in [6.07, 6.45) is 7.84. The van der Waals surface area contributed by atoms with Gasteiger partial charge in [0.05, 0.1) is 6.61 Å². The molecule has 0 fully saturated rings. The van der Waals surface area contributed by atoms with Crippen LogP contribution in [0.25, 0.3) is 6.08 Å². The van der Waals surface area contributed by atoms with Crippen molar-refractivity contribution in [3.8, 4) is 5.75 Å². The van der Waals surface area contributed by atoms with Gasteiger partial charge in [-0.1, -0.05) is 30.4 Å². The number of benzene rings is 1. The van der Waals surface area contributed by atoms with Gasteiger partial charge in [-0.15, -0.1) is 0 Å². The Morgan fingerprint density at radius 2 is 2.16 bits per heavy atom. The second-order valence-electron chi connectivity index (χ2n) is 4.42. The van der Waals surface area contributed by atoms with Crippen LogP contribution in [0.5, 0.6) is 5.75 Å². The van der Waals surface area contributed by atoms with E-state index in [1.54, 1.807) is 6.92 Å². The maximum absolute atomic E-state index is 10.5. The minimum absolute atomic E-state index is 0.634. The average molecular weight is 256 g/mol. The monoisotopic (exact) mass is 256 g/mol. The van der Waals surface area contributed by atoms with Crippen LogP contribution in [-0.2, 0) is 4.79 Å². The van der Waals surface area contributed by atoms with Gasteiger partial charge in [-0.25, -0.2) is 4.79 Å². The fourth-order valence-corrected chi connectivity index (χ4v) is 1.89. The van der Waals surface area contributed by atoms with E-state index in [0.29, 0.717) is 12.2 Å². The number of fused-ring (bicyclic) bond motifs is 1. The molecule has 0 spiro atoms. The molecular weight excluding hydrogens is 240 g/mol. The summed E-state index contributed by atoms with van der Waals surface area (Å²) in [4.78, 5) is 10.5. The molecule has 1 aromatic carbocycles. The van der Waals surface area contributed by atoms with E-state index in [-0.39, 0.29) is 0 Å². The van der Waals surface area contributed by atoms with E-state index in [4.69, 9.17) is 9.84 Å². The lowest BCUT2D eigenvalue weighted by Crippen LogP contribution is -1.95. The van der Waals surface area contributed by atoms with Crippen molar-refractivity contribution < 1.29 is 14.6 Å². The standard InChI is InChI=1S/C16H16O3/c1-12(10-16(17)18)6-7-13-8-9-19-15-5-3-2-4-14(15)11-13/h2-7,10-11H,8-9H2,1H3,(H,17,18)/b7-6+,12-10+. The number of hydrogen-bond acceptors (Lipinski definition) is 2. The first-order chi connectivity index (χ1) is 9.15. The minimum Gasteiger partial charge on any atom is -0.493 e. The van der Waals surface area contributed by atoms with Crippen molar-refractivity contribution in [2.45, 2.75) is 13.3 Å². The van der Waals surface area contributed by atoms with E-state index in [1.807, 2.05) is 36.4 Å². The SMILES string of the molecule is CC(/C=C/C1=Cc2ccccc2OCC1)=C\C(=O)O. The van der Waals surface area contributed by atoms with Gasteiger partial charge in [0, 0.05) is 18.1 Å². The summed E-state index contributed by atoms with van der Waals surface area (Å²) in [5, 5.41) is 8.65. The van der Waals surface area contributed by atoms with Crippen LogP contribution in [0.4, 0.5) is 0 Å². The summed E-state index contributed by atoms with van der Waals surface area (Å²) in [6.45, 7) is 2.40. The summed E-state index contributed by atoms with van der Waals surface area (Å²) >= 11 is 0. The number of aliphatic carboxylic acids is 1. The normalized spacial score (nSPS) is 15.4. The van der Waals surface area contributed by atoms with Crippen LogP contribution < -0.4 is 4.74 Å². The topological polar surface area (TPSA) is 46.5 Å². The zero-order valence-corrected chi connectivity index (χ0v) is 10.8. The summed E-state index contributed by atoms with van der Waals surface area (Å²) in [5.74, 6) is -0.0330. The van der Waals surface area contributed by atoms with Gasteiger partial charge in [0.1, 0.15) is 5.75 Å². The highest BCUT2D eigenvalue weighted by atomic mass is 16.5. The number of carbonyl (C=O) groups is 1. The maximum Gasteiger partial charge on any atom is 0.328 e. The van der Waals surface area contributed by atoms with E-state index in [9.17, 15) is 4.79 Å². The molecule has 1 aromatic rings. The van der Waals surface area contributed by atoms with Crippen LogP contribution >= 0.6 is 0 Å². The number of para-hydroxylation sites is 1. The van der Waals surface area contributed by atoms with E-state index in [0.717, 1.165) is 23.3 Å². The van der Waals surface area contributed by atoms with Crippen molar-refractivity contribution in [2.75, 3.05) is 6.61 Å². The molecule has 0 radical (unpaired) electrons. The summed E-state index contributed by atoms with van der Waals surface area (Å²) in [5.41, 5.74) is 2.90. The molecule has 1 N–H and O–H groups in total. The van der Waals surface area contributed by atoms with Crippen molar-refractivity contribution >= 4 is 12.0 Å². The number of rotatable bonds is 3. The Hall–Kier alpha value is -2.29. The van der Waals surface area contributed by atoms with Crippen LogP contribution in [0.3, 0.4) is 0 Å². The Morgan fingerprint density at radius 1 is 1.37 bits per heavy atom. The molecule has 3 nitrogen and oxygen atoms in total. The number of carboxylic acids is 1. The van der Waals surface area contributed by atoms with Crippen LogP contribution in [0.15, 0.2) is 53.6 Å². The lowest BCUT2D eigenvalue weighted by atomic mass is 10.1. The smallest absolute Gasteiger partial charge is 0.328 e. The van der Waals surface area contributed by atoms with Gasteiger partial charge in [-0.3, -0.25) is 0 Å². The molecule has 0 aromatic heterocycles. The Balaban J connectivity index is 2.20. The first-order valence-electron chi connectivity index (χ1n) is 6.17. The summed E-state index contributed by atoms with van der Waals surface area (Å²) in [7, 11) is 0. The molecule has 0 amide bonds. The van der Waals surface area contributed by atoms with Gasteiger partial charge < -0.3 is 9.84 Å². The van der Waals surface area contributed by atoms with Crippen LogP contribution in [-0.4, -0.2) is 17.7 Å². The summed E-state index contributed by atoms with van der Waals surface area (Å²) < 4.78 is 5.66. The maximum atomic E-state index is 10.5. The zero-order chi connectivity index (χ0) is 13.7. The summed E-state index contributed by atoms with van der Waals surface area (Å²) in [6, 6.07) is 7.89. The van der Waals surface area contributed by atoms with Crippen LogP contribution in [0, 0.1) is 0 Å². The first kappa shape index (κ1) is 13.1. The van der Waals surface area contributed by atoms with Crippen LogP contribution in [0.2, 0.25) is 0 Å². The molecular formula is C16H16O3. The van der Waals surface area contributed by atoms with Crippen LogP contribution in [0.1, 0.15) is 18.9 Å². The molecule has 98 valence electrons. The molecule has 1 heterocycles. The Labute approximate surface area is 112 Å². The van der Waals surface area contributed by atoms with Gasteiger partial charge in [-0.2, -0.15) is 0 Å². The predicted molar refractivity (Wildman–Crippen MR) is 75.1 cm³/mol. The van der Waals surface area contributed by atoms with Gasteiger partial charge in [-0.05, 0) is 30.2 Å². The molecule has 19 heavy (non-hydrogen) atoms. The molecule has 0 atom stereocenters.